The van der Waals surface area contributed by atoms with Gasteiger partial charge in [-0.05, 0) is 30.3 Å². The monoisotopic (exact) mass is 385 g/mol. The average molecular weight is 386 g/mol. The number of sulfone groups is 1. The number of ether oxygens (including phenoxy) is 1. The number of anilines is 1. The predicted molar refractivity (Wildman–Crippen MR) is 89.9 cm³/mol. The lowest BCUT2D eigenvalue weighted by atomic mass is 10.2. The van der Waals surface area contributed by atoms with Crippen LogP contribution in [0.15, 0.2) is 47.4 Å². The first-order chi connectivity index (χ1) is 11.7. The Hall–Kier alpha value is -2.45. The van der Waals surface area contributed by atoms with Gasteiger partial charge in [-0.2, -0.15) is 0 Å². The Labute approximate surface area is 148 Å². The van der Waals surface area contributed by atoms with Crippen molar-refractivity contribution >= 4 is 39.0 Å². The highest BCUT2D eigenvalue weighted by Gasteiger charge is 2.20. The number of amides is 1. The molecule has 2 aromatic rings. The Morgan fingerprint density at radius 1 is 1.20 bits per heavy atom. The van der Waals surface area contributed by atoms with Gasteiger partial charge in [0.2, 0.25) is 0 Å². The number of halogens is 2. The van der Waals surface area contributed by atoms with E-state index in [0.717, 1.165) is 12.3 Å². The summed E-state index contributed by atoms with van der Waals surface area (Å²) in [5.41, 5.74) is 0.0617. The smallest absolute Gasteiger partial charge is 0.339 e. The van der Waals surface area contributed by atoms with Crippen molar-refractivity contribution in [3.8, 4) is 0 Å². The number of carbonyl (C=O) groups excluding carboxylic acids is 2. The fraction of sp³-hybridized carbons (Fsp3) is 0.125. The second-order valence-electron chi connectivity index (χ2n) is 5.02. The van der Waals surface area contributed by atoms with Crippen LogP contribution in [-0.2, 0) is 19.4 Å². The second kappa shape index (κ2) is 7.62. The van der Waals surface area contributed by atoms with E-state index in [4.69, 9.17) is 16.3 Å². The molecule has 0 aliphatic rings. The van der Waals surface area contributed by atoms with Crippen molar-refractivity contribution in [3.63, 3.8) is 0 Å². The van der Waals surface area contributed by atoms with Gasteiger partial charge in [-0.3, -0.25) is 4.79 Å². The minimum absolute atomic E-state index is 0.164. The Bertz CT molecular complexity index is 930. The number of carbonyl (C=O) groups is 2. The average Bonchev–Trinajstić information content (AvgIpc) is 2.55. The molecule has 1 N–H and O–H groups in total. The molecule has 0 aromatic heterocycles. The van der Waals surface area contributed by atoms with Crippen LogP contribution >= 0.6 is 11.6 Å². The fourth-order valence-electron chi connectivity index (χ4n) is 1.94. The first-order valence-corrected chi connectivity index (χ1v) is 9.16. The minimum atomic E-state index is -3.63. The summed E-state index contributed by atoms with van der Waals surface area (Å²) in [6.07, 6.45) is 0.962. The molecule has 0 spiro atoms. The van der Waals surface area contributed by atoms with E-state index in [-0.39, 0.29) is 21.2 Å². The highest BCUT2D eigenvalue weighted by atomic mass is 35.5. The standard InChI is InChI=1S/C16H13ClFNO5S/c1-25(22,23)14-5-3-2-4-11(14)16(21)24-9-15(20)19-10-6-7-13(18)12(17)8-10/h2-8H,9H2,1H3,(H,19,20). The highest BCUT2D eigenvalue weighted by Crippen LogP contribution is 2.19. The van der Waals surface area contributed by atoms with Crippen molar-refractivity contribution in [2.75, 3.05) is 18.2 Å². The van der Waals surface area contributed by atoms with Crippen LogP contribution in [0.1, 0.15) is 10.4 Å². The Kier molecular flexibility index (Phi) is 5.76. The van der Waals surface area contributed by atoms with Gasteiger partial charge in [-0.1, -0.05) is 23.7 Å². The van der Waals surface area contributed by atoms with E-state index in [0.29, 0.717) is 0 Å². The van der Waals surface area contributed by atoms with Crippen LogP contribution < -0.4 is 5.32 Å². The zero-order valence-corrected chi connectivity index (χ0v) is 14.5. The quantitative estimate of drug-likeness (QED) is 0.799. The molecule has 132 valence electrons. The van der Waals surface area contributed by atoms with Crippen LogP contribution in [0.25, 0.3) is 0 Å². The molecule has 0 radical (unpaired) electrons. The zero-order valence-electron chi connectivity index (χ0n) is 13.0. The second-order valence-corrected chi connectivity index (χ2v) is 7.41. The lowest BCUT2D eigenvalue weighted by Crippen LogP contribution is -2.21. The predicted octanol–water partition coefficient (Wildman–Crippen LogP) is 2.68. The summed E-state index contributed by atoms with van der Waals surface area (Å²) in [7, 11) is -3.63. The molecule has 0 saturated heterocycles. The van der Waals surface area contributed by atoms with Gasteiger partial charge in [0.25, 0.3) is 5.91 Å². The van der Waals surface area contributed by atoms with Crippen LogP contribution in [0.5, 0.6) is 0 Å². The molecule has 2 aromatic carbocycles. The molecule has 0 heterocycles. The first-order valence-electron chi connectivity index (χ1n) is 6.89. The third-order valence-corrected chi connectivity index (χ3v) is 4.49. The maximum atomic E-state index is 13.0. The van der Waals surface area contributed by atoms with Crippen molar-refractivity contribution in [2.45, 2.75) is 4.90 Å². The normalized spacial score (nSPS) is 11.0. The van der Waals surface area contributed by atoms with Crippen molar-refractivity contribution < 1.29 is 27.1 Å². The van der Waals surface area contributed by atoms with Crippen molar-refractivity contribution in [1.82, 2.24) is 0 Å². The molecule has 2 rings (SSSR count). The van der Waals surface area contributed by atoms with E-state index in [9.17, 15) is 22.4 Å². The van der Waals surface area contributed by atoms with Crippen LogP contribution in [-0.4, -0.2) is 33.2 Å². The third-order valence-electron chi connectivity index (χ3n) is 3.04. The van der Waals surface area contributed by atoms with Gasteiger partial charge in [0.05, 0.1) is 15.5 Å². The van der Waals surface area contributed by atoms with Gasteiger partial charge in [-0.15, -0.1) is 0 Å². The summed E-state index contributed by atoms with van der Waals surface area (Å²) >= 11 is 5.60. The maximum absolute atomic E-state index is 13.0. The lowest BCUT2D eigenvalue weighted by molar-refractivity contribution is -0.119. The molecular weight excluding hydrogens is 373 g/mol. The number of hydrogen-bond acceptors (Lipinski definition) is 5. The van der Waals surface area contributed by atoms with Crippen LogP contribution in [0.3, 0.4) is 0 Å². The van der Waals surface area contributed by atoms with Gasteiger partial charge in [-0.25, -0.2) is 17.6 Å². The van der Waals surface area contributed by atoms with E-state index in [2.05, 4.69) is 5.32 Å². The van der Waals surface area contributed by atoms with E-state index in [1.807, 2.05) is 0 Å². The summed E-state index contributed by atoms with van der Waals surface area (Å²) in [5.74, 6) is -2.27. The summed E-state index contributed by atoms with van der Waals surface area (Å²) in [6.45, 7) is -0.647. The van der Waals surface area contributed by atoms with E-state index >= 15 is 0 Å². The molecule has 0 atom stereocenters. The summed E-state index contributed by atoms with van der Waals surface area (Å²) in [4.78, 5) is 23.6. The maximum Gasteiger partial charge on any atom is 0.339 e. The molecular formula is C16H13ClFNO5S. The first kappa shape index (κ1) is 18.9. The number of hydrogen-bond donors (Lipinski definition) is 1. The third kappa shape index (κ3) is 5.01. The van der Waals surface area contributed by atoms with E-state index in [1.54, 1.807) is 0 Å². The van der Waals surface area contributed by atoms with Crippen LogP contribution in [0.2, 0.25) is 5.02 Å². The molecule has 9 heteroatoms. The molecule has 0 unspecified atom stereocenters. The largest absolute Gasteiger partial charge is 0.452 e. The van der Waals surface area contributed by atoms with Gasteiger partial charge >= 0.3 is 5.97 Å². The van der Waals surface area contributed by atoms with Crippen molar-refractivity contribution in [3.05, 3.63) is 58.9 Å². The lowest BCUT2D eigenvalue weighted by Gasteiger charge is -2.09. The summed E-state index contributed by atoms with van der Waals surface area (Å²) in [6, 6.07) is 9.08. The van der Waals surface area contributed by atoms with Crippen LogP contribution in [0.4, 0.5) is 10.1 Å². The minimum Gasteiger partial charge on any atom is -0.452 e. The Morgan fingerprint density at radius 3 is 2.52 bits per heavy atom. The molecule has 1 amide bonds. The summed E-state index contributed by atoms with van der Waals surface area (Å²) < 4.78 is 41.2. The Morgan fingerprint density at radius 2 is 1.88 bits per heavy atom. The molecule has 0 saturated carbocycles. The van der Waals surface area contributed by atoms with Crippen molar-refractivity contribution in [1.29, 1.82) is 0 Å². The van der Waals surface area contributed by atoms with Crippen molar-refractivity contribution in [2.24, 2.45) is 0 Å². The zero-order chi connectivity index (χ0) is 18.6. The number of esters is 1. The molecule has 0 fully saturated rings. The highest BCUT2D eigenvalue weighted by molar-refractivity contribution is 7.90. The molecule has 0 aliphatic carbocycles. The molecule has 0 bridgehead atoms. The van der Waals surface area contributed by atoms with Crippen LogP contribution in [0, 0.1) is 5.82 Å². The van der Waals surface area contributed by atoms with Gasteiger partial charge in [0, 0.05) is 11.9 Å². The molecule has 6 nitrogen and oxygen atoms in total. The number of benzene rings is 2. The van der Waals surface area contributed by atoms with Gasteiger partial charge < -0.3 is 10.1 Å². The topological polar surface area (TPSA) is 89.5 Å². The Balaban J connectivity index is 2.03. The van der Waals surface area contributed by atoms with Gasteiger partial charge in [0.15, 0.2) is 16.4 Å². The number of nitrogens with one attached hydrogen (secondary N) is 1. The van der Waals surface area contributed by atoms with E-state index in [1.165, 1.54) is 36.4 Å². The van der Waals surface area contributed by atoms with E-state index < -0.39 is 34.1 Å². The molecule has 25 heavy (non-hydrogen) atoms. The van der Waals surface area contributed by atoms with Gasteiger partial charge in [0.1, 0.15) is 5.82 Å². The fourth-order valence-corrected chi connectivity index (χ4v) is 3.00. The summed E-state index contributed by atoms with van der Waals surface area (Å²) in [5, 5.41) is 2.21. The molecule has 0 aliphatic heterocycles. The SMILES string of the molecule is CS(=O)(=O)c1ccccc1C(=O)OCC(=O)Nc1ccc(F)c(Cl)c1. The number of rotatable bonds is 5.